The second-order valence-corrected chi connectivity index (χ2v) is 8.66. The van der Waals surface area contributed by atoms with Gasteiger partial charge in [0, 0.05) is 62.8 Å². The second kappa shape index (κ2) is 10.9. The molecule has 0 unspecified atom stereocenters. The summed E-state index contributed by atoms with van der Waals surface area (Å²) in [6.45, 7) is 3.06. The number of halogens is 3. The highest BCUT2D eigenvalue weighted by Crippen LogP contribution is 2.33. The van der Waals surface area contributed by atoms with E-state index >= 15 is 0 Å². The molecule has 2 heterocycles. The molecular formula is C25H28F3N6O2+. The summed E-state index contributed by atoms with van der Waals surface area (Å²) in [6.07, 6.45) is -1.30. The third-order valence-corrected chi connectivity index (χ3v) is 5.93. The van der Waals surface area contributed by atoms with Gasteiger partial charge in [-0.25, -0.2) is 9.97 Å². The van der Waals surface area contributed by atoms with Crippen LogP contribution in [0.1, 0.15) is 11.1 Å². The van der Waals surface area contributed by atoms with Gasteiger partial charge >= 0.3 is 12.1 Å². The van der Waals surface area contributed by atoms with Gasteiger partial charge in [-0.05, 0) is 30.3 Å². The van der Waals surface area contributed by atoms with Crippen LogP contribution in [0.4, 0.5) is 24.8 Å². The first kappa shape index (κ1) is 25.4. The molecule has 4 rings (SSSR count). The number of aromatic nitrogens is 2. The Morgan fingerprint density at radius 3 is 2.33 bits per heavy atom. The molecule has 0 bridgehead atoms. The number of hydrogen-bond acceptors (Lipinski definition) is 6. The Balaban J connectivity index is 1.41. The second-order valence-electron chi connectivity index (χ2n) is 8.66. The fourth-order valence-corrected chi connectivity index (χ4v) is 3.89. The van der Waals surface area contributed by atoms with Gasteiger partial charge in [-0.2, -0.15) is 18.2 Å². The maximum Gasteiger partial charge on any atom is 0.416 e. The lowest BCUT2D eigenvalue weighted by molar-refractivity contribution is -0.368. The maximum absolute atomic E-state index is 13.8. The zero-order chi connectivity index (χ0) is 25.7. The highest BCUT2D eigenvalue weighted by molar-refractivity contribution is 5.70. The van der Waals surface area contributed by atoms with E-state index in [0.717, 1.165) is 30.3 Å². The first-order valence-corrected chi connectivity index (χ1v) is 11.4. The fourth-order valence-electron chi connectivity index (χ4n) is 3.89. The van der Waals surface area contributed by atoms with Crippen molar-refractivity contribution in [3.05, 3.63) is 66.0 Å². The summed E-state index contributed by atoms with van der Waals surface area (Å²) in [4.78, 5) is 14.7. The van der Waals surface area contributed by atoms with E-state index in [0.29, 0.717) is 18.8 Å². The summed E-state index contributed by atoms with van der Waals surface area (Å²) >= 11 is 0. The largest absolute Gasteiger partial charge is 0.479 e. The van der Waals surface area contributed by atoms with Crippen LogP contribution in [-0.2, 0) is 12.7 Å². The topological polar surface area (TPSA) is 102 Å². The summed E-state index contributed by atoms with van der Waals surface area (Å²) < 4.78 is 46.8. The number of likely N-dealkylation sites (N-methyl/N-ethyl adjacent to an activating group) is 1. The quantitative estimate of drug-likeness (QED) is 0.337. The zero-order valence-corrected chi connectivity index (χ0v) is 19.8. The molecule has 0 spiro atoms. The molecule has 0 amide bonds. The van der Waals surface area contributed by atoms with Crippen LogP contribution in [0.5, 0.6) is 5.75 Å². The van der Waals surface area contributed by atoms with Gasteiger partial charge in [0.05, 0.1) is 5.56 Å². The molecule has 4 N–H and O–H groups in total. The van der Waals surface area contributed by atoms with Crippen LogP contribution in [0.25, 0.3) is 11.1 Å². The molecule has 11 heteroatoms. The summed E-state index contributed by atoms with van der Waals surface area (Å²) in [6, 6.07) is 11.0. The Labute approximate surface area is 206 Å². The van der Waals surface area contributed by atoms with E-state index in [4.69, 9.17) is 10.5 Å². The molecule has 1 fully saturated rings. The van der Waals surface area contributed by atoms with Gasteiger partial charge in [0.1, 0.15) is 5.75 Å². The van der Waals surface area contributed by atoms with Crippen LogP contribution in [-0.4, -0.2) is 70.6 Å². The molecule has 0 radical (unpaired) electrons. The molecular weight excluding hydrogens is 473 g/mol. The van der Waals surface area contributed by atoms with Crippen molar-refractivity contribution in [1.29, 1.82) is 0 Å². The SMILES string of the molecule is CN1CCN(Cc2ccc([NH+]=C(O)COc3ccc(-c4cnc(N)nc4)cc3)cc2C(F)(F)F)CC1. The predicted octanol–water partition coefficient (Wildman–Crippen LogP) is 2.24. The third kappa shape index (κ3) is 6.70. The number of anilines is 1. The summed E-state index contributed by atoms with van der Waals surface area (Å²) in [5.41, 5.74) is 6.75. The molecule has 1 aromatic heterocycles. The number of nitrogens with one attached hydrogen (secondary N) is 1. The molecule has 0 aliphatic carbocycles. The number of nitrogen functional groups attached to an aromatic ring is 1. The Bertz CT molecular complexity index is 1190. The van der Waals surface area contributed by atoms with Crippen LogP contribution in [0.15, 0.2) is 54.9 Å². The standard InChI is InChI=1S/C25H27F3N6O2/c1-33-8-10-34(11-9-33)15-18-2-5-20(12-22(18)25(26,27)28)32-23(35)16-36-21-6-3-17(4-7-21)19-13-30-24(29)31-14-19/h2-7,12-14H,8-11,15-16H2,1H3,(H,32,35)(H2,29,30,31)/p+1. The molecule has 2 aromatic carbocycles. The highest BCUT2D eigenvalue weighted by atomic mass is 19.4. The predicted molar refractivity (Wildman–Crippen MR) is 130 cm³/mol. The van der Waals surface area contributed by atoms with Crippen LogP contribution in [0.2, 0.25) is 0 Å². The van der Waals surface area contributed by atoms with Gasteiger partial charge in [0.15, 0.2) is 0 Å². The number of piperazine rings is 1. The van der Waals surface area contributed by atoms with E-state index in [1.165, 1.54) is 12.1 Å². The number of ether oxygens (including phenoxy) is 1. The Morgan fingerprint density at radius 2 is 1.69 bits per heavy atom. The van der Waals surface area contributed by atoms with E-state index in [1.807, 2.05) is 11.9 Å². The van der Waals surface area contributed by atoms with Crippen LogP contribution in [0, 0.1) is 0 Å². The van der Waals surface area contributed by atoms with E-state index in [9.17, 15) is 18.3 Å². The van der Waals surface area contributed by atoms with Crippen molar-refractivity contribution < 1.29 is 28.0 Å². The smallest absolute Gasteiger partial charge is 0.416 e. The normalized spacial score (nSPS) is 15.7. The zero-order valence-electron chi connectivity index (χ0n) is 19.8. The van der Waals surface area contributed by atoms with E-state index in [-0.39, 0.29) is 36.2 Å². The molecule has 0 atom stereocenters. The van der Waals surface area contributed by atoms with Gasteiger partial charge in [-0.1, -0.05) is 18.2 Å². The molecule has 0 saturated carbocycles. The molecule has 36 heavy (non-hydrogen) atoms. The van der Waals surface area contributed by atoms with Crippen molar-refractivity contribution in [3.8, 4) is 16.9 Å². The van der Waals surface area contributed by atoms with Crippen LogP contribution < -0.4 is 15.5 Å². The number of alkyl halides is 3. The van der Waals surface area contributed by atoms with Gasteiger partial charge in [-0.15, -0.1) is 0 Å². The maximum atomic E-state index is 13.8. The summed E-state index contributed by atoms with van der Waals surface area (Å²) in [5.74, 6) is 0.345. The summed E-state index contributed by atoms with van der Waals surface area (Å²) in [5, 5.41) is 10.2. The molecule has 1 saturated heterocycles. The number of aliphatic hydroxyl groups excluding tert-OH is 1. The van der Waals surface area contributed by atoms with Crippen molar-refractivity contribution in [2.45, 2.75) is 12.7 Å². The highest BCUT2D eigenvalue weighted by Gasteiger charge is 2.35. The lowest BCUT2D eigenvalue weighted by Crippen LogP contribution is -2.68. The molecule has 3 aromatic rings. The Morgan fingerprint density at radius 1 is 1.03 bits per heavy atom. The number of benzene rings is 2. The molecule has 1 aliphatic rings. The number of nitrogens with zero attached hydrogens (tertiary/aromatic N) is 4. The Kier molecular flexibility index (Phi) is 7.70. The van der Waals surface area contributed by atoms with Gasteiger partial charge in [-0.3, -0.25) is 4.90 Å². The molecule has 190 valence electrons. The minimum Gasteiger partial charge on any atom is -0.479 e. The summed E-state index contributed by atoms with van der Waals surface area (Å²) in [7, 11) is 2.00. The minimum absolute atomic E-state index is 0.129. The average Bonchev–Trinajstić information content (AvgIpc) is 2.85. The van der Waals surface area contributed by atoms with Crippen molar-refractivity contribution >= 4 is 17.5 Å². The van der Waals surface area contributed by atoms with E-state index < -0.39 is 11.7 Å². The van der Waals surface area contributed by atoms with Gasteiger partial charge in [0.2, 0.25) is 18.2 Å². The van der Waals surface area contributed by atoms with Gasteiger partial charge in [0.25, 0.3) is 0 Å². The first-order chi connectivity index (χ1) is 17.2. The third-order valence-electron chi connectivity index (χ3n) is 5.93. The average molecular weight is 502 g/mol. The minimum atomic E-state index is -4.51. The lowest BCUT2D eigenvalue weighted by atomic mass is 10.0. The Hall–Kier alpha value is -3.70. The lowest BCUT2D eigenvalue weighted by Gasteiger charge is -2.32. The van der Waals surface area contributed by atoms with Gasteiger partial charge < -0.3 is 20.5 Å². The fraction of sp³-hybridized carbons (Fsp3) is 0.320. The van der Waals surface area contributed by atoms with Crippen LogP contribution >= 0.6 is 0 Å². The number of aliphatic hydroxyl groups is 1. The first-order valence-electron chi connectivity index (χ1n) is 11.4. The van der Waals surface area contributed by atoms with E-state index in [1.54, 1.807) is 36.7 Å². The van der Waals surface area contributed by atoms with Crippen molar-refractivity contribution in [2.24, 2.45) is 0 Å². The van der Waals surface area contributed by atoms with Crippen LogP contribution in [0.3, 0.4) is 0 Å². The number of rotatable bonds is 7. The monoisotopic (exact) mass is 501 g/mol. The number of nitrogens with two attached hydrogens (primary N) is 1. The molecule has 8 nitrogen and oxygen atoms in total. The molecule has 1 aliphatic heterocycles. The van der Waals surface area contributed by atoms with Crippen molar-refractivity contribution in [2.75, 3.05) is 45.6 Å². The van der Waals surface area contributed by atoms with E-state index in [2.05, 4.69) is 19.9 Å². The number of hydrogen-bond donors (Lipinski definition) is 3. The van der Waals surface area contributed by atoms with Crippen molar-refractivity contribution in [1.82, 2.24) is 19.8 Å². The van der Waals surface area contributed by atoms with Crippen molar-refractivity contribution in [3.63, 3.8) is 0 Å².